The summed E-state index contributed by atoms with van der Waals surface area (Å²) in [6.45, 7) is 3.71. The van der Waals surface area contributed by atoms with E-state index in [-0.39, 0.29) is 29.8 Å². The fourth-order valence-corrected chi connectivity index (χ4v) is 5.49. The highest BCUT2D eigenvalue weighted by Crippen LogP contribution is 2.37. The van der Waals surface area contributed by atoms with E-state index < -0.39 is 17.6 Å². The third kappa shape index (κ3) is 6.08. The molecule has 9 nitrogen and oxygen atoms in total. The smallest absolute Gasteiger partial charge is 0.368 e. The number of aromatic nitrogens is 4. The van der Waals surface area contributed by atoms with Crippen molar-refractivity contribution in [1.82, 2.24) is 24.8 Å². The van der Waals surface area contributed by atoms with Gasteiger partial charge < -0.3 is 25.4 Å². The van der Waals surface area contributed by atoms with Gasteiger partial charge in [-0.25, -0.2) is 9.97 Å². The molecule has 2 fully saturated rings. The van der Waals surface area contributed by atoms with Crippen molar-refractivity contribution in [3.63, 3.8) is 0 Å². The van der Waals surface area contributed by atoms with Crippen molar-refractivity contribution >= 4 is 52.5 Å². The minimum Gasteiger partial charge on any atom is -0.368 e. The third-order valence-corrected chi connectivity index (χ3v) is 7.45. The molecule has 1 aromatic carbocycles. The van der Waals surface area contributed by atoms with E-state index in [0.29, 0.717) is 22.8 Å². The Hall–Kier alpha value is -3.90. The predicted molar refractivity (Wildman–Crippen MR) is 154 cm³/mol. The van der Waals surface area contributed by atoms with Crippen LogP contribution in [0.25, 0.3) is 11.0 Å². The number of halogens is 4. The topological polar surface area (TPSA) is 100 Å². The van der Waals surface area contributed by atoms with Crippen LogP contribution in [0.15, 0.2) is 54.9 Å². The molecule has 1 amide bonds. The molecule has 4 heterocycles. The van der Waals surface area contributed by atoms with E-state index in [1.807, 2.05) is 22.9 Å². The predicted octanol–water partition coefficient (Wildman–Crippen LogP) is 5.79. The number of carbonyl (C=O) groups is 1. The highest BCUT2D eigenvalue weighted by Gasteiger charge is 2.34. The van der Waals surface area contributed by atoms with Gasteiger partial charge in [-0.15, -0.1) is 12.4 Å². The van der Waals surface area contributed by atoms with Crippen LogP contribution in [-0.4, -0.2) is 51.6 Å². The number of pyridine rings is 1. The maximum Gasteiger partial charge on any atom is 0.418 e. The van der Waals surface area contributed by atoms with Gasteiger partial charge >= 0.3 is 6.18 Å². The van der Waals surface area contributed by atoms with Crippen LogP contribution in [0.3, 0.4) is 0 Å². The molecule has 0 atom stereocenters. The highest BCUT2D eigenvalue weighted by molar-refractivity contribution is 6.06. The summed E-state index contributed by atoms with van der Waals surface area (Å²) in [5, 5.41) is 9.59. The number of amides is 1. The Balaban J connectivity index is 0.00000337. The Morgan fingerprint density at radius 3 is 2.46 bits per heavy atom. The van der Waals surface area contributed by atoms with E-state index in [2.05, 4.69) is 30.8 Å². The Bertz CT molecular complexity index is 1510. The number of rotatable bonds is 6. The second-order valence-corrected chi connectivity index (χ2v) is 10.1. The van der Waals surface area contributed by atoms with Crippen LogP contribution in [-0.2, 0) is 6.18 Å². The molecule has 3 N–H and O–H groups in total. The number of nitrogens with one attached hydrogen (secondary N) is 3. The number of hydrogen-bond acceptors (Lipinski definition) is 7. The van der Waals surface area contributed by atoms with Gasteiger partial charge in [0.05, 0.1) is 23.1 Å². The zero-order valence-electron chi connectivity index (χ0n) is 22.1. The van der Waals surface area contributed by atoms with Crippen LogP contribution < -0.4 is 20.9 Å². The number of para-hydroxylation sites is 1. The fraction of sp³-hybridized carbons (Fsp3) is 0.357. The number of hydrogen-bond donors (Lipinski definition) is 3. The van der Waals surface area contributed by atoms with Gasteiger partial charge in [0.1, 0.15) is 17.2 Å². The molecule has 1 saturated carbocycles. The van der Waals surface area contributed by atoms with E-state index in [9.17, 15) is 18.0 Å². The molecule has 4 aromatic rings. The normalized spacial score (nSPS) is 16.0. The molecular formula is C28H30ClF3N8O. The Labute approximate surface area is 241 Å². The summed E-state index contributed by atoms with van der Waals surface area (Å²) in [5.41, 5.74) is 0.668. The summed E-state index contributed by atoms with van der Waals surface area (Å²) < 4.78 is 42.5. The molecule has 0 radical (unpaired) electrons. The van der Waals surface area contributed by atoms with Crippen LogP contribution in [0.4, 0.5) is 36.3 Å². The number of carbonyl (C=O) groups excluding carboxylic acids is 1. The summed E-state index contributed by atoms with van der Waals surface area (Å²) in [6, 6.07) is 10.5. The van der Waals surface area contributed by atoms with Crippen molar-refractivity contribution < 1.29 is 18.0 Å². The zero-order chi connectivity index (χ0) is 27.7. The van der Waals surface area contributed by atoms with Gasteiger partial charge in [-0.3, -0.25) is 4.79 Å². The van der Waals surface area contributed by atoms with Gasteiger partial charge in [-0.2, -0.15) is 18.2 Å². The van der Waals surface area contributed by atoms with Gasteiger partial charge in [0.25, 0.3) is 5.91 Å². The molecule has 2 aliphatic rings. The maximum atomic E-state index is 13.5. The Morgan fingerprint density at radius 2 is 1.76 bits per heavy atom. The zero-order valence-corrected chi connectivity index (χ0v) is 22.9. The Morgan fingerprint density at radius 1 is 1.00 bits per heavy atom. The van der Waals surface area contributed by atoms with E-state index in [1.54, 1.807) is 12.3 Å². The molecule has 3 aromatic heterocycles. The Kier molecular flexibility index (Phi) is 8.32. The largest absolute Gasteiger partial charge is 0.418 e. The number of anilines is 4. The van der Waals surface area contributed by atoms with Crippen LogP contribution in [0.1, 0.15) is 47.8 Å². The molecule has 1 aliphatic heterocycles. The quantitative estimate of drug-likeness (QED) is 0.263. The summed E-state index contributed by atoms with van der Waals surface area (Å²) in [4.78, 5) is 29.3. The number of piperazine rings is 1. The summed E-state index contributed by atoms with van der Waals surface area (Å²) >= 11 is 0. The van der Waals surface area contributed by atoms with Gasteiger partial charge in [0.2, 0.25) is 5.95 Å². The van der Waals surface area contributed by atoms with Crippen molar-refractivity contribution in [3.05, 3.63) is 66.1 Å². The highest BCUT2D eigenvalue weighted by atomic mass is 35.5. The summed E-state index contributed by atoms with van der Waals surface area (Å²) in [7, 11) is 0. The molecular weight excluding hydrogens is 557 g/mol. The first-order valence-electron chi connectivity index (χ1n) is 13.4. The standard InChI is InChI=1S/C28H29F3N8O.ClH/c29-28(30,31)21-7-3-4-8-22(21)35-26(40)23-15-18-16-34-27(37-25(18)39(23)19-5-1-2-6-19)36-24-10-9-20(17-33-24)38-13-11-32-12-14-38;/h3-4,7-10,15-17,19,32H,1-2,5-6,11-14H2,(H,35,40)(H,33,34,36,37);1H. The van der Waals surface area contributed by atoms with Crippen molar-refractivity contribution in [1.29, 1.82) is 0 Å². The molecule has 1 saturated heterocycles. The average Bonchev–Trinajstić information content (AvgIpc) is 3.61. The summed E-state index contributed by atoms with van der Waals surface area (Å²) in [5.74, 6) is 0.279. The van der Waals surface area contributed by atoms with Gasteiger partial charge in [-0.05, 0) is 43.2 Å². The molecule has 0 spiro atoms. The second-order valence-electron chi connectivity index (χ2n) is 10.1. The second kappa shape index (κ2) is 11.9. The van der Waals surface area contributed by atoms with Crippen LogP contribution in [0.2, 0.25) is 0 Å². The minimum atomic E-state index is -4.59. The van der Waals surface area contributed by atoms with Crippen molar-refractivity contribution in [2.24, 2.45) is 0 Å². The molecule has 1 aliphatic carbocycles. The first-order chi connectivity index (χ1) is 19.4. The van der Waals surface area contributed by atoms with E-state index in [1.165, 1.54) is 18.2 Å². The van der Waals surface area contributed by atoms with Gasteiger partial charge in [-0.1, -0.05) is 25.0 Å². The first-order valence-corrected chi connectivity index (χ1v) is 13.4. The van der Waals surface area contributed by atoms with Crippen LogP contribution in [0.5, 0.6) is 0 Å². The minimum absolute atomic E-state index is 0. The van der Waals surface area contributed by atoms with E-state index >= 15 is 0 Å². The third-order valence-electron chi connectivity index (χ3n) is 7.45. The lowest BCUT2D eigenvalue weighted by Gasteiger charge is -2.29. The summed E-state index contributed by atoms with van der Waals surface area (Å²) in [6.07, 6.45) is 2.55. The monoisotopic (exact) mass is 586 g/mol. The fourth-order valence-electron chi connectivity index (χ4n) is 5.49. The van der Waals surface area contributed by atoms with Gasteiger partial charge in [0.15, 0.2) is 0 Å². The average molecular weight is 587 g/mol. The lowest BCUT2D eigenvalue weighted by atomic mass is 10.1. The SMILES string of the molecule is Cl.O=C(Nc1ccccc1C(F)(F)F)c1cc2cnc(Nc3ccc(N4CCNCC4)cn3)nc2n1C1CCCC1. The molecule has 0 unspecified atom stereocenters. The van der Waals surface area contributed by atoms with E-state index in [0.717, 1.165) is 63.6 Å². The molecule has 13 heteroatoms. The number of alkyl halides is 3. The van der Waals surface area contributed by atoms with Crippen molar-refractivity contribution in [2.75, 3.05) is 41.7 Å². The maximum absolute atomic E-state index is 13.5. The molecule has 6 rings (SSSR count). The first kappa shape index (κ1) is 28.6. The van der Waals surface area contributed by atoms with Crippen LogP contribution >= 0.6 is 12.4 Å². The van der Waals surface area contributed by atoms with Gasteiger partial charge in [0, 0.05) is 43.8 Å². The lowest BCUT2D eigenvalue weighted by molar-refractivity contribution is -0.136. The van der Waals surface area contributed by atoms with Crippen LogP contribution in [0, 0.1) is 0 Å². The molecule has 41 heavy (non-hydrogen) atoms. The molecule has 216 valence electrons. The number of benzene rings is 1. The van der Waals surface area contributed by atoms with E-state index in [4.69, 9.17) is 4.98 Å². The van der Waals surface area contributed by atoms with Crippen molar-refractivity contribution in [3.8, 4) is 0 Å². The number of nitrogens with zero attached hydrogens (tertiary/aromatic N) is 5. The lowest BCUT2D eigenvalue weighted by Crippen LogP contribution is -2.43. The molecule has 0 bridgehead atoms. The number of fused-ring (bicyclic) bond motifs is 1. The van der Waals surface area contributed by atoms with Crippen molar-refractivity contribution in [2.45, 2.75) is 37.9 Å².